The summed E-state index contributed by atoms with van der Waals surface area (Å²) in [5.41, 5.74) is 8.65. The van der Waals surface area contributed by atoms with Crippen molar-refractivity contribution in [3.8, 4) is 0 Å². The molecule has 0 aliphatic rings. The molecule has 0 heterocycles. The van der Waals surface area contributed by atoms with Crippen molar-refractivity contribution in [2.75, 3.05) is 0 Å². The van der Waals surface area contributed by atoms with Gasteiger partial charge in [0.1, 0.15) is 0 Å². The summed E-state index contributed by atoms with van der Waals surface area (Å²) >= 11 is 15.4. The molecule has 0 amide bonds. The van der Waals surface area contributed by atoms with E-state index in [2.05, 4.69) is 86.6 Å². The van der Waals surface area contributed by atoms with Crippen LogP contribution in [0, 0.1) is 6.92 Å². The molecular formula is C30H35BrCl2. The average molecular weight is 546 g/mol. The van der Waals surface area contributed by atoms with Crippen LogP contribution in [0.2, 0.25) is 10.0 Å². The molecule has 0 radical (unpaired) electrons. The fourth-order valence-electron chi connectivity index (χ4n) is 3.13. The maximum Gasteiger partial charge on any atom is 0.0412 e. The van der Waals surface area contributed by atoms with Gasteiger partial charge >= 0.3 is 0 Å². The Balaban J connectivity index is 0.000000412. The summed E-state index contributed by atoms with van der Waals surface area (Å²) in [5.74, 6) is 0. The number of aryl methyl sites for hydroxylation is 2. The number of rotatable bonds is 5. The van der Waals surface area contributed by atoms with Crippen molar-refractivity contribution < 1.29 is 0 Å². The fraction of sp³-hybridized carbons (Fsp3) is 0.267. The zero-order valence-corrected chi connectivity index (χ0v) is 23.7. The smallest absolute Gasteiger partial charge is 0.0412 e. The van der Waals surface area contributed by atoms with Crippen LogP contribution in [0.3, 0.4) is 0 Å². The maximum atomic E-state index is 6.22. The van der Waals surface area contributed by atoms with Gasteiger partial charge in [-0.15, -0.1) is 0 Å². The van der Waals surface area contributed by atoms with E-state index < -0.39 is 0 Å². The van der Waals surface area contributed by atoms with Gasteiger partial charge in [0.25, 0.3) is 0 Å². The summed E-state index contributed by atoms with van der Waals surface area (Å²) < 4.78 is 1.09. The molecule has 0 aliphatic carbocycles. The second kappa shape index (κ2) is 15.2. The van der Waals surface area contributed by atoms with Gasteiger partial charge in [-0.3, -0.25) is 0 Å². The summed E-state index contributed by atoms with van der Waals surface area (Å²) in [6.07, 6.45) is 1.95. The van der Waals surface area contributed by atoms with Crippen LogP contribution in [0.25, 0.3) is 5.57 Å². The molecule has 0 aromatic heterocycles. The van der Waals surface area contributed by atoms with Gasteiger partial charge in [-0.1, -0.05) is 102 Å². The quantitative estimate of drug-likeness (QED) is 0.279. The molecule has 3 aromatic rings. The Morgan fingerprint density at radius 1 is 0.818 bits per heavy atom. The van der Waals surface area contributed by atoms with Crippen LogP contribution in [0.1, 0.15) is 56.9 Å². The lowest BCUT2D eigenvalue weighted by atomic mass is 9.89. The minimum Gasteiger partial charge on any atom is -0.0958 e. The Bertz CT molecular complexity index is 1050. The van der Waals surface area contributed by atoms with Gasteiger partial charge in [0.15, 0.2) is 0 Å². The van der Waals surface area contributed by atoms with Gasteiger partial charge in [-0.05, 0) is 103 Å². The highest BCUT2D eigenvalue weighted by molar-refractivity contribution is 9.10. The monoisotopic (exact) mass is 544 g/mol. The Morgan fingerprint density at radius 2 is 1.33 bits per heavy atom. The van der Waals surface area contributed by atoms with Crippen molar-refractivity contribution in [2.24, 2.45) is 0 Å². The van der Waals surface area contributed by atoms with E-state index in [1.165, 1.54) is 33.4 Å². The van der Waals surface area contributed by atoms with Crippen LogP contribution >= 0.6 is 39.1 Å². The van der Waals surface area contributed by atoms with Gasteiger partial charge in [-0.25, -0.2) is 0 Å². The van der Waals surface area contributed by atoms with Crippen molar-refractivity contribution in [1.82, 2.24) is 0 Å². The Kier molecular flexibility index (Phi) is 13.4. The highest BCUT2D eigenvalue weighted by atomic mass is 79.9. The number of benzene rings is 3. The molecule has 33 heavy (non-hydrogen) atoms. The third-order valence-electron chi connectivity index (χ3n) is 5.23. The first kappa shape index (κ1) is 29.2. The summed E-state index contributed by atoms with van der Waals surface area (Å²) in [7, 11) is 0. The standard InChI is InChI=1S/C20H20BrCl.C8H9Cl.C2H6/c1-13(2)15(4)20(11-16-6-8-17(21)9-7-16)19-12-18(22)10-5-14(19)3;1-2-7-3-5-8(9)6-4-7;1-2/h5-10,12H,1,11H2,2-4H3;3-6H,2H2,1H3;1-2H3/b20-15+;;. The molecule has 0 nitrogen and oxygen atoms in total. The van der Waals surface area contributed by atoms with E-state index in [0.29, 0.717) is 0 Å². The van der Waals surface area contributed by atoms with E-state index in [9.17, 15) is 0 Å². The molecular weight excluding hydrogens is 511 g/mol. The van der Waals surface area contributed by atoms with Crippen LogP contribution in [-0.2, 0) is 12.8 Å². The summed E-state index contributed by atoms with van der Waals surface area (Å²) in [6, 6.07) is 22.4. The Morgan fingerprint density at radius 3 is 1.85 bits per heavy atom. The third kappa shape index (κ3) is 9.92. The lowest BCUT2D eigenvalue weighted by molar-refractivity contribution is 1.14. The molecule has 0 unspecified atom stereocenters. The predicted molar refractivity (Wildman–Crippen MR) is 154 cm³/mol. The number of halogens is 3. The summed E-state index contributed by atoms with van der Waals surface area (Å²) in [5, 5.41) is 1.58. The van der Waals surface area contributed by atoms with E-state index in [0.717, 1.165) is 32.9 Å². The van der Waals surface area contributed by atoms with Gasteiger partial charge < -0.3 is 0 Å². The zero-order chi connectivity index (χ0) is 25.0. The van der Waals surface area contributed by atoms with E-state index >= 15 is 0 Å². The first-order valence-corrected chi connectivity index (χ1v) is 12.9. The van der Waals surface area contributed by atoms with Crippen molar-refractivity contribution in [3.05, 3.63) is 121 Å². The highest BCUT2D eigenvalue weighted by Gasteiger charge is 2.11. The molecule has 0 saturated heterocycles. The van der Waals surface area contributed by atoms with Gasteiger partial charge in [0.05, 0.1) is 0 Å². The van der Waals surface area contributed by atoms with Crippen molar-refractivity contribution in [3.63, 3.8) is 0 Å². The molecule has 3 rings (SSSR count). The predicted octanol–water partition coefficient (Wildman–Crippen LogP) is 10.9. The third-order valence-corrected chi connectivity index (χ3v) is 6.25. The van der Waals surface area contributed by atoms with E-state index in [-0.39, 0.29) is 0 Å². The van der Waals surface area contributed by atoms with E-state index in [1.807, 2.05) is 44.2 Å². The lowest BCUT2D eigenvalue weighted by Gasteiger charge is -2.16. The molecule has 3 aromatic carbocycles. The number of hydrogen-bond donors (Lipinski definition) is 0. The number of allylic oxidation sites excluding steroid dienone is 3. The Hall–Kier alpha value is -1.80. The lowest BCUT2D eigenvalue weighted by Crippen LogP contribution is -1.98. The number of hydrogen-bond acceptors (Lipinski definition) is 0. The van der Waals surface area contributed by atoms with Gasteiger partial charge in [0, 0.05) is 14.5 Å². The molecule has 0 spiro atoms. The topological polar surface area (TPSA) is 0 Å². The fourth-order valence-corrected chi connectivity index (χ4v) is 3.70. The van der Waals surface area contributed by atoms with Crippen LogP contribution in [0.15, 0.2) is 88.9 Å². The molecule has 0 saturated carbocycles. The van der Waals surface area contributed by atoms with Crippen molar-refractivity contribution in [2.45, 2.75) is 54.4 Å². The Labute approximate surface area is 219 Å². The van der Waals surface area contributed by atoms with E-state index in [4.69, 9.17) is 23.2 Å². The van der Waals surface area contributed by atoms with E-state index in [1.54, 1.807) is 0 Å². The molecule has 0 fully saturated rings. The van der Waals surface area contributed by atoms with Crippen molar-refractivity contribution in [1.29, 1.82) is 0 Å². The molecule has 176 valence electrons. The first-order chi connectivity index (χ1) is 15.7. The average Bonchev–Trinajstić information content (AvgIpc) is 2.82. The second-order valence-corrected chi connectivity index (χ2v) is 9.41. The van der Waals surface area contributed by atoms with Crippen LogP contribution in [-0.4, -0.2) is 0 Å². The maximum absolute atomic E-state index is 6.22. The molecule has 0 aliphatic heterocycles. The minimum atomic E-state index is 0.767. The largest absolute Gasteiger partial charge is 0.0958 e. The van der Waals surface area contributed by atoms with Crippen LogP contribution < -0.4 is 0 Å². The van der Waals surface area contributed by atoms with Crippen LogP contribution in [0.4, 0.5) is 0 Å². The second-order valence-electron chi connectivity index (χ2n) is 7.63. The molecule has 3 heteroatoms. The highest BCUT2D eigenvalue weighted by Crippen LogP contribution is 2.31. The van der Waals surface area contributed by atoms with Gasteiger partial charge in [-0.2, -0.15) is 0 Å². The zero-order valence-electron chi connectivity index (χ0n) is 20.6. The molecule has 0 atom stereocenters. The van der Waals surface area contributed by atoms with Gasteiger partial charge in [0.2, 0.25) is 0 Å². The van der Waals surface area contributed by atoms with Crippen molar-refractivity contribution >= 4 is 44.7 Å². The normalized spacial score (nSPS) is 10.8. The molecule has 0 bridgehead atoms. The summed E-state index contributed by atoms with van der Waals surface area (Å²) in [6.45, 7) is 16.6. The SMILES string of the molecule is C=C(C)/C(C)=C(\Cc1ccc(Br)cc1)c1cc(Cl)ccc1C.CC.CCc1ccc(Cl)cc1. The summed E-state index contributed by atoms with van der Waals surface area (Å²) in [4.78, 5) is 0. The van der Waals surface area contributed by atoms with Crippen LogP contribution in [0.5, 0.6) is 0 Å². The molecule has 0 N–H and O–H groups in total. The minimum absolute atomic E-state index is 0.767. The first-order valence-electron chi connectivity index (χ1n) is 11.3.